The molecule has 0 atom stereocenters. The Morgan fingerprint density at radius 2 is 1.89 bits per heavy atom. The third-order valence-electron chi connectivity index (χ3n) is 3.82. The summed E-state index contributed by atoms with van der Waals surface area (Å²) in [6.45, 7) is 0. The Labute approximate surface area is 161 Å². The predicted octanol–water partition coefficient (Wildman–Crippen LogP) is 4.06. The lowest BCUT2D eigenvalue weighted by molar-refractivity contribution is 0.0696. The van der Waals surface area contributed by atoms with E-state index >= 15 is 0 Å². The summed E-state index contributed by atoms with van der Waals surface area (Å²) in [4.78, 5) is 28.2. The van der Waals surface area contributed by atoms with E-state index in [-0.39, 0.29) is 11.5 Å². The van der Waals surface area contributed by atoms with E-state index in [1.807, 2.05) is 0 Å². The second kappa shape index (κ2) is 6.82. The van der Waals surface area contributed by atoms with E-state index in [4.69, 9.17) is 16.7 Å². The summed E-state index contributed by atoms with van der Waals surface area (Å²) >= 11 is 7.14. The molecular weight excluding hydrogens is 388 g/mol. The van der Waals surface area contributed by atoms with Gasteiger partial charge in [0.05, 0.1) is 17.5 Å². The number of halogens is 1. The van der Waals surface area contributed by atoms with Crippen molar-refractivity contribution in [1.29, 1.82) is 0 Å². The largest absolute Gasteiger partial charge is 0.478 e. The molecule has 4 rings (SSSR count). The highest BCUT2D eigenvalue weighted by molar-refractivity contribution is 7.20. The first-order valence-corrected chi connectivity index (χ1v) is 8.96. The summed E-state index contributed by atoms with van der Waals surface area (Å²) in [5.41, 5.74) is 2.10. The fraction of sp³-hybridized carbons (Fsp3) is 0. The molecule has 2 N–H and O–H groups in total. The molecule has 9 heteroatoms. The van der Waals surface area contributed by atoms with Crippen LogP contribution in [0.2, 0.25) is 5.02 Å². The van der Waals surface area contributed by atoms with E-state index in [1.54, 1.807) is 47.1 Å². The lowest BCUT2D eigenvalue weighted by Crippen LogP contribution is -2.11. The van der Waals surface area contributed by atoms with Crippen molar-refractivity contribution in [2.24, 2.45) is 0 Å². The molecule has 0 radical (unpaired) electrons. The Balaban J connectivity index is 1.62. The number of carboxylic acid groups (broad SMARTS) is 1. The first kappa shape index (κ1) is 17.2. The van der Waals surface area contributed by atoms with Crippen molar-refractivity contribution in [1.82, 2.24) is 14.6 Å². The highest BCUT2D eigenvalue weighted by Crippen LogP contribution is 2.26. The van der Waals surface area contributed by atoms with Crippen LogP contribution in [0.15, 0.2) is 54.7 Å². The molecule has 0 fully saturated rings. The van der Waals surface area contributed by atoms with E-state index in [0.29, 0.717) is 26.4 Å². The van der Waals surface area contributed by atoms with Gasteiger partial charge in [0.1, 0.15) is 0 Å². The molecule has 27 heavy (non-hydrogen) atoms. The number of carbonyl (C=O) groups is 2. The number of hydrogen-bond donors (Lipinski definition) is 2. The van der Waals surface area contributed by atoms with Gasteiger partial charge in [-0.25, -0.2) is 14.3 Å². The van der Waals surface area contributed by atoms with Gasteiger partial charge >= 0.3 is 5.97 Å². The quantitative estimate of drug-likeness (QED) is 0.540. The van der Waals surface area contributed by atoms with E-state index in [9.17, 15) is 9.59 Å². The smallest absolute Gasteiger partial charge is 0.335 e. The Morgan fingerprint density at radius 1 is 1.11 bits per heavy atom. The maximum absolute atomic E-state index is 12.3. The molecular formula is C18H11ClN4O3S. The van der Waals surface area contributed by atoms with Crippen LogP contribution in [0.4, 0.5) is 5.13 Å². The number of nitrogens with zero attached hydrogens (tertiary/aromatic N) is 3. The van der Waals surface area contributed by atoms with Crippen molar-refractivity contribution in [2.45, 2.75) is 0 Å². The van der Waals surface area contributed by atoms with Crippen LogP contribution in [0.25, 0.3) is 16.2 Å². The molecule has 0 saturated carbocycles. The SMILES string of the molecule is O=C(O)c1ccc(-c2cnc3sc(NC(=O)c4cccc(Cl)c4)nn23)cc1. The second-order valence-corrected chi connectivity index (χ2v) is 6.98. The summed E-state index contributed by atoms with van der Waals surface area (Å²) in [7, 11) is 0. The van der Waals surface area contributed by atoms with Gasteiger partial charge < -0.3 is 5.11 Å². The van der Waals surface area contributed by atoms with Gasteiger partial charge in [-0.2, -0.15) is 0 Å². The normalized spacial score (nSPS) is 10.9. The molecule has 2 aromatic heterocycles. The third-order valence-corrected chi connectivity index (χ3v) is 4.89. The summed E-state index contributed by atoms with van der Waals surface area (Å²) in [5, 5.41) is 17.0. The van der Waals surface area contributed by atoms with E-state index in [0.717, 1.165) is 5.56 Å². The van der Waals surface area contributed by atoms with Gasteiger partial charge in [0.25, 0.3) is 5.91 Å². The predicted molar refractivity (Wildman–Crippen MR) is 103 cm³/mol. The number of hydrogen-bond acceptors (Lipinski definition) is 5. The first-order chi connectivity index (χ1) is 13.0. The van der Waals surface area contributed by atoms with Crippen molar-refractivity contribution in [3.63, 3.8) is 0 Å². The van der Waals surface area contributed by atoms with Crippen molar-refractivity contribution in [2.75, 3.05) is 5.32 Å². The Morgan fingerprint density at radius 3 is 2.59 bits per heavy atom. The minimum Gasteiger partial charge on any atom is -0.478 e. The number of aromatic carboxylic acids is 1. The minimum absolute atomic E-state index is 0.201. The Kier molecular flexibility index (Phi) is 4.35. The number of fused-ring (bicyclic) bond motifs is 1. The van der Waals surface area contributed by atoms with Crippen LogP contribution in [0.3, 0.4) is 0 Å². The number of anilines is 1. The molecule has 0 aliphatic rings. The molecule has 4 aromatic rings. The number of imidazole rings is 1. The van der Waals surface area contributed by atoms with E-state index in [1.165, 1.54) is 23.5 Å². The topological polar surface area (TPSA) is 96.6 Å². The number of carboxylic acids is 1. The van der Waals surface area contributed by atoms with Crippen LogP contribution >= 0.6 is 22.9 Å². The van der Waals surface area contributed by atoms with Crippen LogP contribution in [0.5, 0.6) is 0 Å². The number of carbonyl (C=O) groups excluding carboxylic acids is 1. The van der Waals surface area contributed by atoms with Crippen LogP contribution in [0, 0.1) is 0 Å². The molecule has 1 amide bonds. The van der Waals surface area contributed by atoms with Gasteiger partial charge in [0.15, 0.2) is 0 Å². The molecule has 2 aromatic carbocycles. The van der Waals surface area contributed by atoms with Gasteiger partial charge in [0.2, 0.25) is 10.1 Å². The molecule has 0 saturated heterocycles. The average molecular weight is 399 g/mol. The number of benzene rings is 2. The van der Waals surface area contributed by atoms with Crippen molar-refractivity contribution in [3.05, 3.63) is 70.9 Å². The molecule has 0 spiro atoms. The van der Waals surface area contributed by atoms with Crippen LogP contribution < -0.4 is 5.32 Å². The van der Waals surface area contributed by atoms with Crippen molar-refractivity contribution < 1.29 is 14.7 Å². The highest BCUT2D eigenvalue weighted by Gasteiger charge is 2.15. The molecule has 2 heterocycles. The fourth-order valence-electron chi connectivity index (χ4n) is 2.52. The average Bonchev–Trinajstić information content (AvgIpc) is 3.22. The lowest BCUT2D eigenvalue weighted by Gasteiger charge is -2.02. The number of rotatable bonds is 4. The fourth-order valence-corrected chi connectivity index (χ4v) is 3.48. The Hall–Kier alpha value is -3.23. The van der Waals surface area contributed by atoms with Gasteiger partial charge in [-0.05, 0) is 30.3 Å². The molecule has 0 aliphatic carbocycles. The summed E-state index contributed by atoms with van der Waals surface area (Å²) in [6.07, 6.45) is 1.65. The summed E-state index contributed by atoms with van der Waals surface area (Å²) in [6, 6.07) is 13.0. The van der Waals surface area contributed by atoms with E-state index < -0.39 is 5.97 Å². The summed E-state index contributed by atoms with van der Waals surface area (Å²) < 4.78 is 1.61. The zero-order valence-corrected chi connectivity index (χ0v) is 15.2. The molecule has 0 aliphatic heterocycles. The molecule has 0 bridgehead atoms. The maximum atomic E-state index is 12.3. The number of aromatic nitrogens is 3. The van der Waals surface area contributed by atoms with Crippen LogP contribution in [-0.2, 0) is 0 Å². The van der Waals surface area contributed by atoms with Gasteiger partial charge in [-0.3, -0.25) is 10.1 Å². The zero-order valence-electron chi connectivity index (χ0n) is 13.6. The van der Waals surface area contributed by atoms with Crippen molar-refractivity contribution in [3.8, 4) is 11.3 Å². The lowest BCUT2D eigenvalue weighted by atomic mass is 10.1. The first-order valence-electron chi connectivity index (χ1n) is 7.76. The number of amides is 1. The second-order valence-electron chi connectivity index (χ2n) is 5.59. The summed E-state index contributed by atoms with van der Waals surface area (Å²) in [5.74, 6) is -1.30. The van der Waals surface area contributed by atoms with E-state index in [2.05, 4.69) is 15.4 Å². The van der Waals surface area contributed by atoms with Crippen molar-refractivity contribution >= 4 is 44.9 Å². The van der Waals surface area contributed by atoms with Crippen LogP contribution in [0.1, 0.15) is 20.7 Å². The van der Waals surface area contributed by atoms with Gasteiger partial charge in [-0.15, -0.1) is 5.10 Å². The molecule has 7 nitrogen and oxygen atoms in total. The maximum Gasteiger partial charge on any atom is 0.335 e. The number of nitrogens with one attached hydrogen (secondary N) is 1. The Bertz CT molecular complexity index is 1170. The minimum atomic E-state index is -0.986. The third kappa shape index (κ3) is 3.40. The molecule has 0 unspecified atom stereocenters. The monoisotopic (exact) mass is 398 g/mol. The standard InChI is InChI=1S/C18H11ClN4O3S/c19-13-3-1-2-12(8-13)15(24)21-17-22-23-14(9-20-18(23)27-17)10-4-6-11(7-5-10)16(25)26/h1-9H,(H,25,26)(H,21,22,24). The highest BCUT2D eigenvalue weighted by atomic mass is 35.5. The molecule has 134 valence electrons. The van der Waals surface area contributed by atoms with Gasteiger partial charge in [-0.1, -0.05) is 41.1 Å². The zero-order chi connectivity index (χ0) is 19.0. The van der Waals surface area contributed by atoms with Gasteiger partial charge in [0, 0.05) is 16.1 Å². The van der Waals surface area contributed by atoms with Crippen LogP contribution in [-0.4, -0.2) is 31.6 Å².